The summed E-state index contributed by atoms with van der Waals surface area (Å²) in [6.45, 7) is 2.68. The van der Waals surface area contributed by atoms with Crippen molar-refractivity contribution < 1.29 is 35.9 Å². The molecule has 2 atom stereocenters. The molecule has 12 heteroatoms. The number of alkyl halides is 6. The highest BCUT2D eigenvalue weighted by Gasteiger charge is 2.40. The Morgan fingerprint density at radius 1 is 0.861 bits per heavy atom. The van der Waals surface area contributed by atoms with Gasteiger partial charge in [-0.1, -0.05) is 29.3 Å². The molecule has 0 bridgehead atoms. The van der Waals surface area contributed by atoms with Crippen molar-refractivity contribution in [3.05, 3.63) is 68.7 Å². The summed E-state index contributed by atoms with van der Waals surface area (Å²) in [6.07, 6.45) is -9.61. The Hall–Kier alpha value is -2.01. The summed E-state index contributed by atoms with van der Waals surface area (Å²) in [7, 11) is 0. The molecule has 36 heavy (non-hydrogen) atoms. The summed E-state index contributed by atoms with van der Waals surface area (Å²) in [5.74, 6) is -1.18. The van der Waals surface area contributed by atoms with Crippen LogP contribution in [0.1, 0.15) is 39.4 Å². The van der Waals surface area contributed by atoms with Crippen molar-refractivity contribution in [1.82, 2.24) is 9.80 Å². The Kier molecular flexibility index (Phi) is 7.81. The third-order valence-corrected chi connectivity index (χ3v) is 7.32. The van der Waals surface area contributed by atoms with Gasteiger partial charge in [0.1, 0.15) is 0 Å². The third-order valence-electron chi connectivity index (χ3n) is 6.58. The van der Waals surface area contributed by atoms with Crippen molar-refractivity contribution in [3.8, 4) is 0 Å². The minimum Gasteiger partial charge on any atom is -0.379 e. The van der Waals surface area contributed by atoms with Gasteiger partial charge in [-0.25, -0.2) is 0 Å². The zero-order valence-electron chi connectivity index (χ0n) is 18.8. The number of benzene rings is 2. The maximum atomic E-state index is 13.3. The molecule has 2 aliphatic rings. The lowest BCUT2D eigenvalue weighted by Crippen LogP contribution is -2.54. The van der Waals surface area contributed by atoms with E-state index in [1.54, 1.807) is 18.2 Å². The zero-order valence-corrected chi connectivity index (χ0v) is 20.3. The van der Waals surface area contributed by atoms with E-state index in [0.717, 1.165) is 5.56 Å². The smallest absolute Gasteiger partial charge is 0.379 e. The SMILES string of the molecule is O=C(c1cc(C(F)(F)F)cc(C(F)(F)F)c1)N1CCC(N2CCOCC2)C(c2ccc(Cl)c(Cl)c2)C1. The van der Waals surface area contributed by atoms with Gasteiger partial charge in [0.2, 0.25) is 0 Å². The van der Waals surface area contributed by atoms with Crippen LogP contribution < -0.4 is 0 Å². The van der Waals surface area contributed by atoms with Gasteiger partial charge in [-0.3, -0.25) is 9.69 Å². The van der Waals surface area contributed by atoms with Crippen molar-refractivity contribution in [2.45, 2.75) is 30.7 Å². The average molecular weight is 555 g/mol. The molecule has 0 aromatic heterocycles. The summed E-state index contributed by atoms with van der Waals surface area (Å²) in [5.41, 5.74) is -2.93. The Balaban J connectivity index is 1.67. The van der Waals surface area contributed by atoms with Crippen LogP contribution in [0.4, 0.5) is 26.3 Å². The summed E-state index contributed by atoms with van der Waals surface area (Å²) in [4.78, 5) is 16.8. The minimum absolute atomic E-state index is 0.0138. The second-order valence-electron chi connectivity index (χ2n) is 8.83. The number of likely N-dealkylation sites (tertiary alicyclic amines) is 1. The number of carbonyl (C=O) groups excluding carboxylic acids is 1. The van der Waals surface area contributed by atoms with Crippen LogP contribution in [0.25, 0.3) is 0 Å². The van der Waals surface area contributed by atoms with Crippen LogP contribution in [0.15, 0.2) is 36.4 Å². The lowest BCUT2D eigenvalue weighted by atomic mass is 9.84. The first-order valence-corrected chi connectivity index (χ1v) is 12.0. The van der Waals surface area contributed by atoms with Gasteiger partial charge >= 0.3 is 12.4 Å². The highest BCUT2D eigenvalue weighted by Crippen LogP contribution is 2.38. The number of amides is 1. The Labute approximate surface area is 213 Å². The maximum absolute atomic E-state index is 13.3. The second kappa shape index (κ2) is 10.4. The van der Waals surface area contributed by atoms with Gasteiger partial charge in [0.25, 0.3) is 5.91 Å². The average Bonchev–Trinajstić information content (AvgIpc) is 2.84. The minimum atomic E-state index is -5.04. The predicted octanol–water partition coefficient (Wildman–Crippen LogP) is 6.36. The first-order chi connectivity index (χ1) is 16.8. The van der Waals surface area contributed by atoms with E-state index in [1.807, 2.05) is 0 Å². The van der Waals surface area contributed by atoms with Gasteiger partial charge in [-0.2, -0.15) is 26.3 Å². The van der Waals surface area contributed by atoms with E-state index in [4.69, 9.17) is 27.9 Å². The number of hydrogen-bond acceptors (Lipinski definition) is 3. The molecule has 2 saturated heterocycles. The molecule has 0 spiro atoms. The summed E-state index contributed by atoms with van der Waals surface area (Å²) < 4.78 is 85.4. The van der Waals surface area contributed by atoms with Gasteiger partial charge in [-0.05, 0) is 42.3 Å². The van der Waals surface area contributed by atoms with Crippen LogP contribution in [0.3, 0.4) is 0 Å². The molecular weight excluding hydrogens is 533 g/mol. The van der Waals surface area contributed by atoms with Crippen LogP contribution >= 0.6 is 23.2 Å². The molecule has 2 aliphatic heterocycles. The first kappa shape index (κ1) is 27.0. The van der Waals surface area contributed by atoms with Crippen LogP contribution in [0.5, 0.6) is 0 Å². The molecule has 2 aromatic carbocycles. The van der Waals surface area contributed by atoms with E-state index < -0.39 is 35.0 Å². The van der Waals surface area contributed by atoms with E-state index in [-0.39, 0.29) is 31.1 Å². The Morgan fingerprint density at radius 3 is 2.03 bits per heavy atom. The number of halogens is 8. The highest BCUT2D eigenvalue weighted by molar-refractivity contribution is 6.42. The largest absolute Gasteiger partial charge is 0.416 e. The van der Waals surface area contributed by atoms with Crippen molar-refractivity contribution in [2.75, 3.05) is 39.4 Å². The molecule has 0 saturated carbocycles. The van der Waals surface area contributed by atoms with Crippen LogP contribution in [0.2, 0.25) is 10.0 Å². The molecule has 2 heterocycles. The molecule has 4 rings (SSSR count). The van der Waals surface area contributed by atoms with E-state index in [0.29, 0.717) is 54.9 Å². The fourth-order valence-electron chi connectivity index (χ4n) is 4.80. The van der Waals surface area contributed by atoms with Crippen LogP contribution in [-0.4, -0.2) is 61.1 Å². The van der Waals surface area contributed by atoms with Crippen molar-refractivity contribution in [3.63, 3.8) is 0 Å². The van der Waals surface area contributed by atoms with Gasteiger partial charge in [-0.15, -0.1) is 0 Å². The number of ether oxygens (including phenoxy) is 1. The van der Waals surface area contributed by atoms with E-state index >= 15 is 0 Å². The number of rotatable bonds is 3. The monoisotopic (exact) mass is 554 g/mol. The van der Waals surface area contributed by atoms with E-state index in [9.17, 15) is 31.1 Å². The molecule has 196 valence electrons. The highest BCUT2D eigenvalue weighted by atomic mass is 35.5. The quantitative estimate of drug-likeness (QED) is 0.414. The molecule has 0 N–H and O–H groups in total. The van der Waals surface area contributed by atoms with Crippen molar-refractivity contribution >= 4 is 29.1 Å². The lowest BCUT2D eigenvalue weighted by molar-refractivity contribution is -0.143. The summed E-state index contributed by atoms with van der Waals surface area (Å²) in [5, 5.41) is 0.654. The van der Waals surface area contributed by atoms with E-state index in [2.05, 4.69) is 4.90 Å². The number of nitrogens with zero attached hydrogens (tertiary/aromatic N) is 2. The van der Waals surface area contributed by atoms with Crippen LogP contribution in [0, 0.1) is 0 Å². The topological polar surface area (TPSA) is 32.8 Å². The fourth-order valence-corrected chi connectivity index (χ4v) is 5.11. The van der Waals surface area contributed by atoms with E-state index in [1.165, 1.54) is 4.90 Å². The fraction of sp³-hybridized carbons (Fsp3) is 0.458. The standard InChI is InChI=1S/C24H22Cl2F6N2O2/c25-19-2-1-14(11-20(19)26)18-13-34(4-3-21(18)33-5-7-36-8-6-33)22(35)15-9-16(23(27,28)29)12-17(10-15)24(30,31)32/h1-2,9-12,18,21H,3-8,13H2. The molecule has 0 aliphatic carbocycles. The maximum Gasteiger partial charge on any atom is 0.416 e. The Morgan fingerprint density at radius 2 is 1.47 bits per heavy atom. The van der Waals surface area contributed by atoms with Crippen LogP contribution in [-0.2, 0) is 17.1 Å². The summed E-state index contributed by atoms with van der Waals surface area (Å²) >= 11 is 12.3. The number of morpholine rings is 1. The molecule has 2 fully saturated rings. The van der Waals surface area contributed by atoms with Gasteiger partial charge < -0.3 is 9.64 Å². The summed E-state index contributed by atoms with van der Waals surface area (Å²) in [6, 6.07) is 6.01. The number of hydrogen-bond donors (Lipinski definition) is 0. The third kappa shape index (κ3) is 5.93. The molecule has 2 unspecified atom stereocenters. The molecular formula is C24H22Cl2F6N2O2. The predicted molar refractivity (Wildman–Crippen MR) is 122 cm³/mol. The second-order valence-corrected chi connectivity index (χ2v) is 9.64. The Bertz CT molecular complexity index is 1090. The molecule has 1 amide bonds. The lowest BCUT2D eigenvalue weighted by Gasteiger charge is -2.45. The van der Waals surface area contributed by atoms with Gasteiger partial charge in [0, 0.05) is 43.7 Å². The molecule has 4 nitrogen and oxygen atoms in total. The first-order valence-electron chi connectivity index (χ1n) is 11.2. The van der Waals surface area contributed by atoms with Crippen molar-refractivity contribution in [1.29, 1.82) is 0 Å². The number of piperidine rings is 1. The van der Waals surface area contributed by atoms with Crippen molar-refractivity contribution in [2.24, 2.45) is 0 Å². The number of carbonyl (C=O) groups is 1. The zero-order chi connectivity index (χ0) is 26.3. The molecule has 0 radical (unpaired) electrons. The van der Waals surface area contributed by atoms with Gasteiger partial charge in [0.15, 0.2) is 0 Å². The molecule has 2 aromatic rings. The van der Waals surface area contributed by atoms with Gasteiger partial charge in [0.05, 0.1) is 34.4 Å². The normalized spacial score (nSPS) is 22.1.